The maximum absolute atomic E-state index is 5.60. The van der Waals surface area contributed by atoms with Crippen LogP contribution in [0.2, 0.25) is 0 Å². The molecule has 2 rings (SSSR count). The lowest BCUT2D eigenvalue weighted by Gasteiger charge is -2.31. The van der Waals surface area contributed by atoms with Gasteiger partial charge in [-0.2, -0.15) is 4.98 Å². The molecule has 0 aromatic carbocycles. The largest absolute Gasteiger partial charge is 0.374 e. The Morgan fingerprint density at radius 1 is 1.67 bits per heavy atom. The highest BCUT2D eigenvalue weighted by Crippen LogP contribution is 2.07. The average Bonchev–Trinajstić information content (AvgIpc) is 2.71. The summed E-state index contributed by atoms with van der Waals surface area (Å²) in [4.78, 5) is 6.28. The molecular formula is C9H16N4O2. The second-order valence-corrected chi connectivity index (χ2v) is 3.63. The molecule has 0 spiro atoms. The quantitative estimate of drug-likeness (QED) is 0.725. The van der Waals surface area contributed by atoms with Crippen molar-refractivity contribution in [3.05, 3.63) is 12.2 Å². The SMILES string of the molecule is CNCC1CN(Cc2ncon2)CCO1. The lowest BCUT2D eigenvalue weighted by molar-refractivity contribution is -0.0300. The van der Waals surface area contributed by atoms with Gasteiger partial charge in [-0.05, 0) is 7.05 Å². The number of rotatable bonds is 4. The number of likely N-dealkylation sites (N-methyl/N-ethyl adjacent to an activating group) is 1. The second-order valence-electron chi connectivity index (χ2n) is 3.63. The van der Waals surface area contributed by atoms with E-state index in [4.69, 9.17) is 9.26 Å². The van der Waals surface area contributed by atoms with E-state index in [1.165, 1.54) is 6.39 Å². The number of morpholine rings is 1. The molecule has 0 bridgehead atoms. The van der Waals surface area contributed by atoms with E-state index in [9.17, 15) is 0 Å². The van der Waals surface area contributed by atoms with Gasteiger partial charge >= 0.3 is 0 Å². The van der Waals surface area contributed by atoms with E-state index in [-0.39, 0.29) is 6.10 Å². The molecule has 1 aliphatic rings. The highest BCUT2D eigenvalue weighted by atomic mass is 16.5. The standard InChI is InChI=1S/C9H16N4O2/c1-10-4-8-5-13(2-3-14-8)6-9-11-7-15-12-9/h7-8,10H,2-6H2,1H3. The maximum Gasteiger partial charge on any atom is 0.213 e. The van der Waals surface area contributed by atoms with E-state index in [2.05, 4.69) is 20.4 Å². The molecule has 15 heavy (non-hydrogen) atoms. The Hall–Kier alpha value is -0.980. The van der Waals surface area contributed by atoms with Gasteiger partial charge in [-0.15, -0.1) is 0 Å². The van der Waals surface area contributed by atoms with Crippen LogP contribution < -0.4 is 5.32 Å². The second kappa shape index (κ2) is 5.20. The van der Waals surface area contributed by atoms with E-state index in [1.807, 2.05) is 7.05 Å². The van der Waals surface area contributed by atoms with Crippen LogP contribution in [-0.2, 0) is 11.3 Å². The van der Waals surface area contributed by atoms with Crippen LogP contribution in [0.5, 0.6) is 0 Å². The van der Waals surface area contributed by atoms with Crippen molar-refractivity contribution in [2.24, 2.45) is 0 Å². The van der Waals surface area contributed by atoms with Crippen LogP contribution in [0.25, 0.3) is 0 Å². The van der Waals surface area contributed by atoms with Gasteiger partial charge in [0.25, 0.3) is 0 Å². The van der Waals surface area contributed by atoms with E-state index in [0.29, 0.717) is 0 Å². The van der Waals surface area contributed by atoms with Gasteiger partial charge in [-0.25, -0.2) is 0 Å². The van der Waals surface area contributed by atoms with Crippen LogP contribution in [0.4, 0.5) is 0 Å². The summed E-state index contributed by atoms with van der Waals surface area (Å²) in [5.41, 5.74) is 0. The molecule has 0 radical (unpaired) electrons. The molecule has 0 saturated carbocycles. The number of hydrogen-bond donors (Lipinski definition) is 1. The first-order valence-corrected chi connectivity index (χ1v) is 5.12. The fraction of sp³-hybridized carbons (Fsp3) is 0.778. The number of nitrogens with one attached hydrogen (secondary N) is 1. The van der Waals surface area contributed by atoms with Gasteiger partial charge in [-0.3, -0.25) is 4.90 Å². The summed E-state index contributed by atoms with van der Waals surface area (Å²) in [6.07, 6.45) is 1.62. The lowest BCUT2D eigenvalue weighted by atomic mass is 10.2. The third-order valence-electron chi connectivity index (χ3n) is 2.43. The monoisotopic (exact) mass is 212 g/mol. The molecule has 1 unspecified atom stereocenters. The lowest BCUT2D eigenvalue weighted by Crippen LogP contribution is -2.45. The number of hydrogen-bond acceptors (Lipinski definition) is 6. The molecule has 1 aromatic heterocycles. The van der Waals surface area contributed by atoms with Crippen molar-refractivity contribution in [2.45, 2.75) is 12.6 Å². The molecule has 2 heterocycles. The van der Waals surface area contributed by atoms with Gasteiger partial charge in [0.1, 0.15) is 0 Å². The Balaban J connectivity index is 1.82. The highest BCUT2D eigenvalue weighted by molar-refractivity contribution is 4.81. The number of aromatic nitrogens is 2. The molecule has 6 nitrogen and oxygen atoms in total. The summed E-state index contributed by atoms with van der Waals surface area (Å²) >= 11 is 0. The predicted octanol–water partition coefficient (Wildman–Crippen LogP) is -0.510. The summed E-state index contributed by atoms with van der Waals surface area (Å²) in [6.45, 7) is 4.22. The van der Waals surface area contributed by atoms with Crippen LogP contribution in [-0.4, -0.2) is 54.4 Å². The Labute approximate surface area is 88.6 Å². The minimum absolute atomic E-state index is 0.260. The molecule has 1 fully saturated rings. The molecule has 1 aliphatic heterocycles. The number of ether oxygens (including phenoxy) is 1. The zero-order chi connectivity index (χ0) is 10.5. The molecular weight excluding hydrogens is 196 g/mol. The van der Waals surface area contributed by atoms with Crippen LogP contribution in [0.1, 0.15) is 5.82 Å². The Kier molecular flexibility index (Phi) is 3.65. The summed E-state index contributed by atoms with van der Waals surface area (Å²) in [7, 11) is 1.93. The summed E-state index contributed by atoms with van der Waals surface area (Å²) < 4.78 is 10.3. The normalized spacial score (nSPS) is 23.1. The molecule has 1 saturated heterocycles. The van der Waals surface area contributed by atoms with Gasteiger partial charge in [-0.1, -0.05) is 5.16 Å². The topological polar surface area (TPSA) is 63.4 Å². The molecule has 0 amide bonds. The van der Waals surface area contributed by atoms with E-state index in [1.54, 1.807) is 0 Å². The van der Waals surface area contributed by atoms with E-state index in [0.717, 1.165) is 38.6 Å². The van der Waals surface area contributed by atoms with Crippen LogP contribution in [0, 0.1) is 0 Å². The molecule has 1 atom stereocenters. The summed E-state index contributed by atoms with van der Waals surface area (Å²) in [5.74, 6) is 0.736. The smallest absolute Gasteiger partial charge is 0.213 e. The Morgan fingerprint density at radius 3 is 3.33 bits per heavy atom. The zero-order valence-electron chi connectivity index (χ0n) is 8.85. The van der Waals surface area contributed by atoms with E-state index >= 15 is 0 Å². The third-order valence-corrected chi connectivity index (χ3v) is 2.43. The van der Waals surface area contributed by atoms with Crippen molar-refractivity contribution in [2.75, 3.05) is 33.3 Å². The van der Waals surface area contributed by atoms with Crippen molar-refractivity contribution in [1.29, 1.82) is 0 Å². The third kappa shape index (κ3) is 2.98. The van der Waals surface area contributed by atoms with Crippen molar-refractivity contribution >= 4 is 0 Å². The van der Waals surface area contributed by atoms with Crippen LogP contribution in [0.15, 0.2) is 10.9 Å². The van der Waals surface area contributed by atoms with Crippen molar-refractivity contribution in [3.8, 4) is 0 Å². The van der Waals surface area contributed by atoms with E-state index < -0.39 is 0 Å². The van der Waals surface area contributed by atoms with Gasteiger partial charge in [0.05, 0.1) is 19.3 Å². The van der Waals surface area contributed by atoms with Crippen LogP contribution >= 0.6 is 0 Å². The Bertz CT molecular complexity index is 276. The fourth-order valence-electron chi connectivity index (χ4n) is 1.74. The maximum atomic E-state index is 5.60. The highest BCUT2D eigenvalue weighted by Gasteiger charge is 2.20. The zero-order valence-corrected chi connectivity index (χ0v) is 8.85. The first kappa shape index (κ1) is 10.5. The first-order valence-electron chi connectivity index (χ1n) is 5.12. The molecule has 1 aromatic rings. The van der Waals surface area contributed by atoms with Crippen LogP contribution in [0.3, 0.4) is 0 Å². The fourth-order valence-corrected chi connectivity index (χ4v) is 1.74. The van der Waals surface area contributed by atoms with Gasteiger partial charge in [0.2, 0.25) is 6.39 Å². The van der Waals surface area contributed by atoms with Crippen molar-refractivity contribution in [1.82, 2.24) is 20.4 Å². The first-order chi connectivity index (χ1) is 7.38. The van der Waals surface area contributed by atoms with Crippen molar-refractivity contribution in [3.63, 3.8) is 0 Å². The Morgan fingerprint density at radius 2 is 2.60 bits per heavy atom. The molecule has 84 valence electrons. The predicted molar refractivity (Wildman–Crippen MR) is 53.2 cm³/mol. The minimum Gasteiger partial charge on any atom is -0.374 e. The molecule has 0 aliphatic carbocycles. The average molecular weight is 212 g/mol. The summed E-state index contributed by atoms with van der Waals surface area (Å²) in [5, 5.41) is 6.91. The molecule has 6 heteroatoms. The van der Waals surface area contributed by atoms with Gasteiger partial charge in [0.15, 0.2) is 5.82 Å². The number of nitrogens with zero attached hydrogens (tertiary/aromatic N) is 3. The van der Waals surface area contributed by atoms with Gasteiger partial charge < -0.3 is 14.6 Å². The summed E-state index contributed by atoms with van der Waals surface area (Å²) in [6, 6.07) is 0. The van der Waals surface area contributed by atoms with Crippen molar-refractivity contribution < 1.29 is 9.26 Å². The molecule has 1 N–H and O–H groups in total. The van der Waals surface area contributed by atoms with Gasteiger partial charge in [0, 0.05) is 19.6 Å². The minimum atomic E-state index is 0.260.